The third-order valence-electron chi connectivity index (χ3n) is 5.15. The summed E-state index contributed by atoms with van der Waals surface area (Å²) in [6.07, 6.45) is 0.752. The van der Waals surface area contributed by atoms with Crippen molar-refractivity contribution in [3.8, 4) is 5.75 Å². The van der Waals surface area contributed by atoms with Crippen molar-refractivity contribution in [3.05, 3.63) is 71.6 Å². The molecule has 1 aliphatic rings. The highest BCUT2D eigenvalue weighted by Gasteiger charge is 2.35. The summed E-state index contributed by atoms with van der Waals surface area (Å²) in [6.45, 7) is 1.69. The topological polar surface area (TPSA) is 66.9 Å². The molecule has 1 atom stereocenters. The molecule has 8 heteroatoms. The molecule has 0 saturated heterocycles. The summed E-state index contributed by atoms with van der Waals surface area (Å²) < 4.78 is 33.3. The molecule has 1 aliphatic heterocycles. The lowest BCUT2D eigenvalue weighted by molar-refractivity contribution is -0.117. The molecule has 0 spiro atoms. The SMILES string of the molecule is COc1ccc(N(CC(=O)N2c3ccccc3CC2C)S(=O)(=O)c2cccs2)cc1. The van der Waals surface area contributed by atoms with Gasteiger partial charge in [0.05, 0.1) is 12.8 Å². The summed E-state index contributed by atoms with van der Waals surface area (Å²) in [4.78, 5) is 15.0. The lowest BCUT2D eigenvalue weighted by Gasteiger charge is -2.28. The third kappa shape index (κ3) is 3.68. The van der Waals surface area contributed by atoms with E-state index >= 15 is 0 Å². The van der Waals surface area contributed by atoms with Crippen LogP contribution in [0.1, 0.15) is 12.5 Å². The third-order valence-corrected chi connectivity index (χ3v) is 8.30. The fraction of sp³-hybridized carbons (Fsp3) is 0.227. The van der Waals surface area contributed by atoms with E-state index in [9.17, 15) is 13.2 Å². The average molecular weight is 443 g/mol. The number of hydrogen-bond donors (Lipinski definition) is 0. The van der Waals surface area contributed by atoms with E-state index in [2.05, 4.69) is 0 Å². The van der Waals surface area contributed by atoms with E-state index in [-0.39, 0.29) is 22.7 Å². The van der Waals surface area contributed by atoms with Crippen molar-refractivity contribution in [2.24, 2.45) is 0 Å². The second-order valence-corrected chi connectivity index (χ2v) is 10.1. The van der Waals surface area contributed by atoms with Gasteiger partial charge in [-0.15, -0.1) is 11.3 Å². The van der Waals surface area contributed by atoms with Crippen molar-refractivity contribution < 1.29 is 17.9 Å². The Morgan fingerprint density at radius 2 is 1.87 bits per heavy atom. The summed E-state index contributed by atoms with van der Waals surface area (Å²) >= 11 is 1.13. The van der Waals surface area contributed by atoms with Crippen LogP contribution < -0.4 is 13.9 Å². The first kappa shape index (κ1) is 20.4. The molecule has 4 rings (SSSR count). The van der Waals surface area contributed by atoms with Gasteiger partial charge in [0.25, 0.3) is 10.0 Å². The van der Waals surface area contributed by atoms with Crippen LogP contribution in [0.4, 0.5) is 11.4 Å². The number of benzene rings is 2. The summed E-state index contributed by atoms with van der Waals surface area (Å²) in [5.74, 6) is 0.351. The molecule has 156 valence electrons. The first-order chi connectivity index (χ1) is 14.4. The maximum absolute atomic E-state index is 13.4. The smallest absolute Gasteiger partial charge is 0.274 e. The quantitative estimate of drug-likeness (QED) is 0.580. The van der Waals surface area contributed by atoms with Gasteiger partial charge in [0.15, 0.2) is 0 Å². The molecule has 1 unspecified atom stereocenters. The maximum Gasteiger partial charge on any atom is 0.274 e. The number of carbonyl (C=O) groups is 1. The Hall–Kier alpha value is -2.84. The van der Waals surface area contributed by atoms with Gasteiger partial charge in [-0.05, 0) is 60.7 Å². The van der Waals surface area contributed by atoms with Crippen LogP contribution in [0.15, 0.2) is 70.3 Å². The zero-order chi connectivity index (χ0) is 21.3. The monoisotopic (exact) mass is 442 g/mol. The summed E-state index contributed by atoms with van der Waals surface area (Å²) in [5.41, 5.74) is 2.35. The summed E-state index contributed by atoms with van der Waals surface area (Å²) in [5, 5.41) is 1.71. The number of hydrogen-bond acceptors (Lipinski definition) is 5. The summed E-state index contributed by atoms with van der Waals surface area (Å²) in [6, 6.07) is 17.6. The highest BCUT2D eigenvalue weighted by molar-refractivity contribution is 7.94. The van der Waals surface area contributed by atoms with Gasteiger partial charge < -0.3 is 9.64 Å². The number of methoxy groups -OCH3 is 1. The van der Waals surface area contributed by atoms with Crippen molar-refractivity contribution in [1.29, 1.82) is 0 Å². The number of sulfonamides is 1. The first-order valence-electron chi connectivity index (χ1n) is 9.52. The van der Waals surface area contributed by atoms with E-state index in [4.69, 9.17) is 4.74 Å². The van der Waals surface area contributed by atoms with E-state index in [1.165, 1.54) is 4.31 Å². The molecular weight excluding hydrogens is 420 g/mol. The molecule has 1 amide bonds. The van der Waals surface area contributed by atoms with Gasteiger partial charge in [0.1, 0.15) is 16.5 Å². The Bertz CT molecular complexity index is 1140. The Labute approximate surface area is 180 Å². The van der Waals surface area contributed by atoms with Crippen LogP contribution in [0.25, 0.3) is 0 Å². The predicted octanol–water partition coefficient (Wildman–Crippen LogP) is 3.93. The average Bonchev–Trinajstić information content (AvgIpc) is 3.39. The zero-order valence-electron chi connectivity index (χ0n) is 16.7. The van der Waals surface area contributed by atoms with Crippen LogP contribution in [-0.2, 0) is 21.2 Å². The zero-order valence-corrected chi connectivity index (χ0v) is 18.3. The van der Waals surface area contributed by atoms with Gasteiger partial charge >= 0.3 is 0 Å². The Morgan fingerprint density at radius 1 is 1.13 bits per heavy atom. The number of carbonyl (C=O) groups excluding carboxylic acids is 1. The van der Waals surface area contributed by atoms with E-state index in [1.807, 2.05) is 31.2 Å². The molecule has 2 heterocycles. The highest BCUT2D eigenvalue weighted by atomic mass is 32.2. The number of rotatable bonds is 6. The molecule has 30 heavy (non-hydrogen) atoms. The molecular formula is C22H22N2O4S2. The summed E-state index contributed by atoms with van der Waals surface area (Å²) in [7, 11) is -2.34. The number of thiophene rings is 1. The standard InChI is InChI=1S/C22H22N2O4S2/c1-16-14-17-6-3-4-7-20(17)24(16)21(25)15-23(18-9-11-19(28-2)12-10-18)30(26,27)22-8-5-13-29-22/h3-13,16H,14-15H2,1-2H3. The second-order valence-electron chi connectivity index (χ2n) is 7.09. The maximum atomic E-state index is 13.4. The lowest BCUT2D eigenvalue weighted by atomic mass is 10.1. The van der Waals surface area contributed by atoms with Crippen LogP contribution in [-0.4, -0.2) is 34.0 Å². The molecule has 2 aromatic carbocycles. The van der Waals surface area contributed by atoms with E-state index in [0.717, 1.165) is 29.0 Å². The van der Waals surface area contributed by atoms with E-state index < -0.39 is 10.0 Å². The number of fused-ring (bicyclic) bond motifs is 1. The molecule has 0 N–H and O–H groups in total. The largest absolute Gasteiger partial charge is 0.497 e. The second kappa shape index (κ2) is 8.12. The van der Waals surface area contributed by atoms with Gasteiger partial charge in [-0.25, -0.2) is 8.42 Å². The van der Waals surface area contributed by atoms with E-state index in [0.29, 0.717) is 11.4 Å². The normalized spacial score (nSPS) is 15.7. The fourth-order valence-electron chi connectivity index (χ4n) is 3.73. The van der Waals surface area contributed by atoms with Crippen molar-refractivity contribution in [2.75, 3.05) is 22.9 Å². The minimum absolute atomic E-state index is 0.0305. The number of nitrogens with zero attached hydrogens (tertiary/aromatic N) is 2. The van der Waals surface area contributed by atoms with Gasteiger partial charge in [-0.1, -0.05) is 24.3 Å². The van der Waals surface area contributed by atoms with Gasteiger partial charge in [0, 0.05) is 11.7 Å². The highest BCUT2D eigenvalue weighted by Crippen LogP contribution is 2.33. The number of amides is 1. The number of ether oxygens (including phenoxy) is 1. The lowest BCUT2D eigenvalue weighted by Crippen LogP contribution is -2.45. The van der Waals surface area contributed by atoms with E-state index in [1.54, 1.807) is 53.8 Å². The first-order valence-corrected chi connectivity index (χ1v) is 11.8. The molecule has 0 radical (unpaired) electrons. The fourth-order valence-corrected chi connectivity index (χ4v) is 6.25. The van der Waals surface area contributed by atoms with Crippen LogP contribution in [0, 0.1) is 0 Å². The van der Waals surface area contributed by atoms with Crippen molar-refractivity contribution >= 4 is 38.6 Å². The van der Waals surface area contributed by atoms with Crippen LogP contribution in [0.3, 0.4) is 0 Å². The van der Waals surface area contributed by atoms with Gasteiger partial charge in [-0.2, -0.15) is 0 Å². The number of anilines is 2. The molecule has 1 aromatic heterocycles. The van der Waals surface area contributed by atoms with Gasteiger partial charge in [-0.3, -0.25) is 9.10 Å². The van der Waals surface area contributed by atoms with Gasteiger partial charge in [0.2, 0.25) is 5.91 Å². The molecule has 0 fully saturated rings. The van der Waals surface area contributed by atoms with Crippen molar-refractivity contribution in [3.63, 3.8) is 0 Å². The van der Waals surface area contributed by atoms with Crippen LogP contribution in [0.5, 0.6) is 5.75 Å². The molecule has 3 aromatic rings. The van der Waals surface area contributed by atoms with Crippen molar-refractivity contribution in [1.82, 2.24) is 0 Å². The molecule has 6 nitrogen and oxygen atoms in total. The van der Waals surface area contributed by atoms with Crippen LogP contribution in [0.2, 0.25) is 0 Å². The minimum Gasteiger partial charge on any atom is -0.497 e. The van der Waals surface area contributed by atoms with Crippen molar-refractivity contribution in [2.45, 2.75) is 23.6 Å². The van der Waals surface area contributed by atoms with Crippen LogP contribution >= 0.6 is 11.3 Å². The molecule has 0 bridgehead atoms. The molecule has 0 saturated carbocycles. The number of para-hydroxylation sites is 1. The predicted molar refractivity (Wildman–Crippen MR) is 119 cm³/mol. The minimum atomic E-state index is -3.89. The Kier molecular flexibility index (Phi) is 5.53. The molecule has 0 aliphatic carbocycles. The Balaban J connectivity index is 1.70. The Morgan fingerprint density at radius 3 is 2.53 bits per heavy atom.